The summed E-state index contributed by atoms with van der Waals surface area (Å²) in [6.45, 7) is 0.298. The van der Waals surface area contributed by atoms with E-state index in [0.29, 0.717) is 18.8 Å². The highest BCUT2D eigenvalue weighted by atomic mass is 19.4. The number of rotatable bonds is 5. The number of allylic oxidation sites excluding steroid dienone is 1. The van der Waals surface area contributed by atoms with Gasteiger partial charge in [-0.25, -0.2) is 4.99 Å². The van der Waals surface area contributed by atoms with Crippen LogP contribution in [0.15, 0.2) is 72.2 Å². The molecule has 2 aliphatic heterocycles. The van der Waals surface area contributed by atoms with Crippen molar-refractivity contribution >= 4 is 11.6 Å². The molecule has 0 bridgehead atoms. The number of nitrogens with one attached hydrogen (secondary N) is 2. The van der Waals surface area contributed by atoms with E-state index >= 15 is 0 Å². The van der Waals surface area contributed by atoms with Crippen LogP contribution in [-0.2, 0) is 11.2 Å². The molecule has 4 rings (SSSR count). The second-order valence-electron chi connectivity index (χ2n) is 7.23. The van der Waals surface area contributed by atoms with Crippen LogP contribution in [0.25, 0.3) is 0 Å². The number of carbonyl (C=O) groups is 1. The molecule has 4 nitrogen and oxygen atoms in total. The van der Waals surface area contributed by atoms with Crippen LogP contribution in [0.1, 0.15) is 24.0 Å². The first-order valence-corrected chi connectivity index (χ1v) is 9.51. The lowest BCUT2D eigenvalue weighted by Crippen LogP contribution is -2.76. The van der Waals surface area contributed by atoms with Gasteiger partial charge in [0, 0.05) is 12.0 Å². The quantitative estimate of drug-likeness (QED) is 0.808. The van der Waals surface area contributed by atoms with E-state index in [1.165, 1.54) is 0 Å². The highest BCUT2D eigenvalue weighted by Crippen LogP contribution is 2.27. The number of halogens is 3. The number of alkyl halides is 3. The van der Waals surface area contributed by atoms with Gasteiger partial charge in [0.05, 0.1) is 6.42 Å². The molecule has 1 unspecified atom stereocenters. The van der Waals surface area contributed by atoms with Gasteiger partial charge in [-0.15, -0.1) is 0 Å². The lowest BCUT2D eigenvalue weighted by molar-refractivity contribution is -0.406. The van der Waals surface area contributed by atoms with Crippen LogP contribution in [0.4, 0.5) is 13.2 Å². The van der Waals surface area contributed by atoms with E-state index in [2.05, 4.69) is 10.3 Å². The maximum Gasteiger partial charge on any atom is 0.389 e. The predicted molar refractivity (Wildman–Crippen MR) is 103 cm³/mol. The first-order valence-electron chi connectivity index (χ1n) is 9.51. The Morgan fingerprint density at radius 2 is 1.69 bits per heavy atom. The van der Waals surface area contributed by atoms with E-state index in [1.54, 1.807) is 4.90 Å². The van der Waals surface area contributed by atoms with E-state index in [9.17, 15) is 18.0 Å². The van der Waals surface area contributed by atoms with E-state index < -0.39 is 18.6 Å². The second kappa shape index (κ2) is 7.73. The Kier molecular flexibility index (Phi) is 5.13. The second-order valence-corrected chi connectivity index (χ2v) is 7.23. The third-order valence-corrected chi connectivity index (χ3v) is 5.11. The van der Waals surface area contributed by atoms with Gasteiger partial charge in [-0.3, -0.25) is 9.69 Å². The van der Waals surface area contributed by atoms with Gasteiger partial charge in [0.1, 0.15) is 12.6 Å². The van der Waals surface area contributed by atoms with Gasteiger partial charge >= 0.3 is 6.18 Å². The molecule has 0 aliphatic carbocycles. The number of fused-ring (bicyclic) bond motifs is 1. The van der Waals surface area contributed by atoms with Crippen molar-refractivity contribution < 1.29 is 23.0 Å². The van der Waals surface area contributed by atoms with Gasteiger partial charge in [-0.1, -0.05) is 48.5 Å². The monoisotopic (exact) mass is 400 g/mol. The smallest absolute Gasteiger partial charge is 0.354 e. The average molecular weight is 400 g/mol. The molecule has 0 saturated carbocycles. The minimum Gasteiger partial charge on any atom is -0.354 e. The van der Waals surface area contributed by atoms with Gasteiger partial charge in [-0.2, -0.15) is 13.2 Å². The largest absolute Gasteiger partial charge is 0.389 e. The lowest BCUT2D eigenvalue weighted by atomic mass is 10.1. The summed E-state index contributed by atoms with van der Waals surface area (Å²) in [5, 5.41) is 3.04. The van der Waals surface area contributed by atoms with Gasteiger partial charge < -0.3 is 5.32 Å². The van der Waals surface area contributed by atoms with Crippen molar-refractivity contribution in [1.82, 2.24) is 10.2 Å². The highest BCUT2D eigenvalue weighted by molar-refractivity contribution is 6.01. The molecule has 0 aromatic heterocycles. The number of amides is 1. The molecule has 2 aromatic carbocycles. The summed E-state index contributed by atoms with van der Waals surface area (Å²) >= 11 is 0. The Labute approximate surface area is 166 Å². The van der Waals surface area contributed by atoms with E-state index in [0.717, 1.165) is 22.5 Å². The molecule has 7 heteroatoms. The van der Waals surface area contributed by atoms with E-state index in [-0.39, 0.29) is 12.3 Å². The Morgan fingerprint density at radius 1 is 1.03 bits per heavy atom. The molecule has 1 amide bonds. The Balaban J connectivity index is 1.66. The summed E-state index contributed by atoms with van der Waals surface area (Å²) in [5.74, 6) is 0.260. The molecule has 2 aliphatic rings. The highest BCUT2D eigenvalue weighted by Gasteiger charge is 2.43. The van der Waals surface area contributed by atoms with Crippen LogP contribution in [0.5, 0.6) is 0 Å². The van der Waals surface area contributed by atoms with Crippen molar-refractivity contribution in [3.63, 3.8) is 0 Å². The zero-order valence-corrected chi connectivity index (χ0v) is 15.7. The zero-order valence-electron chi connectivity index (χ0n) is 15.7. The summed E-state index contributed by atoms with van der Waals surface area (Å²) in [6, 6.07) is 18.5. The summed E-state index contributed by atoms with van der Waals surface area (Å²) in [5.41, 5.74) is 3.63. The third kappa shape index (κ3) is 4.34. The van der Waals surface area contributed by atoms with Crippen LogP contribution >= 0.6 is 0 Å². The van der Waals surface area contributed by atoms with Crippen LogP contribution in [0, 0.1) is 0 Å². The van der Waals surface area contributed by atoms with Gasteiger partial charge in [-0.05, 0) is 24.1 Å². The standard InChI is InChI=1S/C22H20F3N3O/c23-22(24,25)12-11-17-21(29)28-14-19(16-9-5-2-6-10-16)26-18(20(28)27-17)13-15-7-3-1-4-8-15/h1-10,17,27H,11-14H2/p+1. The number of hydrogen-bond donors (Lipinski definition) is 2. The van der Waals surface area contributed by atoms with Gasteiger partial charge in [0.2, 0.25) is 11.4 Å². The normalized spacial score (nSPS) is 19.1. The molecule has 2 heterocycles. The number of benzene rings is 2. The maximum atomic E-state index is 12.9. The molecule has 0 spiro atoms. The molecule has 150 valence electrons. The van der Waals surface area contributed by atoms with Crippen LogP contribution in [-0.4, -0.2) is 35.3 Å². The van der Waals surface area contributed by atoms with Crippen LogP contribution in [0.2, 0.25) is 0 Å². The molecule has 2 aromatic rings. The molecule has 0 radical (unpaired) electrons. The molecule has 1 fully saturated rings. The maximum absolute atomic E-state index is 12.9. The third-order valence-electron chi connectivity index (χ3n) is 5.11. The first kappa shape index (κ1) is 19.2. The summed E-state index contributed by atoms with van der Waals surface area (Å²) in [6.07, 6.45) is -5.02. The van der Waals surface area contributed by atoms with Crippen LogP contribution in [0.3, 0.4) is 0 Å². The lowest BCUT2D eigenvalue weighted by Gasteiger charge is -2.20. The fourth-order valence-electron chi connectivity index (χ4n) is 3.68. The number of hydrogen-bond acceptors (Lipinski definition) is 2. The molecule has 1 atom stereocenters. The van der Waals surface area contributed by atoms with Crippen molar-refractivity contribution in [2.75, 3.05) is 6.54 Å². The van der Waals surface area contributed by atoms with Crippen LogP contribution < -0.4 is 10.3 Å². The van der Waals surface area contributed by atoms with Crippen molar-refractivity contribution in [2.45, 2.75) is 31.5 Å². The Bertz CT molecular complexity index is 952. The minimum absolute atomic E-state index is 0.276. The number of carbonyl (C=O) groups excluding carboxylic acids is 1. The van der Waals surface area contributed by atoms with Crippen molar-refractivity contribution in [3.8, 4) is 0 Å². The molecular weight excluding hydrogens is 379 g/mol. The topological polar surface area (TPSA) is 46.3 Å². The Morgan fingerprint density at radius 3 is 2.34 bits per heavy atom. The average Bonchev–Trinajstić information content (AvgIpc) is 3.04. The Hall–Kier alpha value is -3.09. The van der Waals surface area contributed by atoms with Crippen molar-refractivity contribution in [1.29, 1.82) is 0 Å². The number of nitrogens with zero attached hydrogens (tertiary/aromatic N) is 1. The summed E-state index contributed by atoms with van der Waals surface area (Å²) in [4.78, 5) is 17.8. The van der Waals surface area contributed by atoms with Gasteiger partial charge in [0.15, 0.2) is 5.82 Å². The molecular formula is C22H21F3N3O+. The summed E-state index contributed by atoms with van der Waals surface area (Å²) in [7, 11) is 0. The fraction of sp³-hybridized carbons (Fsp3) is 0.273. The van der Waals surface area contributed by atoms with E-state index in [4.69, 9.17) is 0 Å². The SMILES string of the molecule is O=C1C(CCC(F)(F)F)NC2=C(Cc3ccccc3)[NH+]=C(c3ccccc3)CN12. The van der Waals surface area contributed by atoms with E-state index in [1.807, 2.05) is 60.7 Å². The zero-order chi connectivity index (χ0) is 20.4. The molecule has 29 heavy (non-hydrogen) atoms. The summed E-state index contributed by atoms with van der Waals surface area (Å²) < 4.78 is 38.0. The van der Waals surface area contributed by atoms with Crippen molar-refractivity contribution in [2.24, 2.45) is 0 Å². The van der Waals surface area contributed by atoms with Crippen molar-refractivity contribution in [3.05, 3.63) is 83.3 Å². The predicted octanol–water partition coefficient (Wildman–Crippen LogP) is 2.12. The minimum atomic E-state index is -4.29. The van der Waals surface area contributed by atoms with Gasteiger partial charge in [0.25, 0.3) is 5.91 Å². The first-order chi connectivity index (χ1) is 13.9. The molecule has 2 N–H and O–H groups in total. The fourth-order valence-corrected chi connectivity index (χ4v) is 3.68. The molecule has 1 saturated heterocycles.